The lowest BCUT2D eigenvalue weighted by Gasteiger charge is -2.28. The number of benzene rings is 1. The van der Waals surface area contributed by atoms with Gasteiger partial charge in [0.15, 0.2) is 0 Å². The highest BCUT2D eigenvalue weighted by Crippen LogP contribution is 2.35. The van der Waals surface area contributed by atoms with Crippen LogP contribution < -0.4 is 10.1 Å². The van der Waals surface area contributed by atoms with E-state index < -0.39 is 6.04 Å². The number of ether oxygens (including phenoxy) is 2. The summed E-state index contributed by atoms with van der Waals surface area (Å²) in [5.74, 6) is 1.06. The normalized spacial score (nSPS) is 16.0. The van der Waals surface area contributed by atoms with Gasteiger partial charge in [-0.1, -0.05) is 31.9 Å². The molecule has 7 heteroatoms. The van der Waals surface area contributed by atoms with Crippen LogP contribution in [0.1, 0.15) is 58.6 Å². The number of anilines is 1. The minimum Gasteiger partial charge on any atom is -0.494 e. The first-order chi connectivity index (χ1) is 13.5. The van der Waals surface area contributed by atoms with Crippen molar-refractivity contribution in [2.24, 2.45) is 0 Å². The molecule has 1 atom stereocenters. The highest BCUT2D eigenvalue weighted by atomic mass is 16.5. The van der Waals surface area contributed by atoms with Crippen molar-refractivity contribution in [3.05, 3.63) is 47.4 Å². The fourth-order valence-corrected chi connectivity index (χ4v) is 3.23. The number of nitrogens with one attached hydrogen (secondary N) is 1. The second kappa shape index (κ2) is 8.91. The monoisotopic (exact) mass is 384 g/mol. The van der Waals surface area contributed by atoms with Crippen molar-refractivity contribution >= 4 is 11.9 Å². The summed E-state index contributed by atoms with van der Waals surface area (Å²) in [7, 11) is 0. The van der Waals surface area contributed by atoms with Crippen molar-refractivity contribution in [1.29, 1.82) is 0 Å². The SMILES string of the molecule is CCCCCOc1ccc(C2C(C(=O)OC(C)C)=C(C)Nc3ncnn32)cc1. The van der Waals surface area contributed by atoms with Crippen molar-refractivity contribution in [2.75, 3.05) is 11.9 Å². The van der Waals surface area contributed by atoms with Crippen molar-refractivity contribution in [2.45, 2.75) is 59.1 Å². The van der Waals surface area contributed by atoms with Crippen molar-refractivity contribution in [1.82, 2.24) is 14.8 Å². The average Bonchev–Trinajstić information content (AvgIpc) is 3.12. The number of esters is 1. The third-order valence-corrected chi connectivity index (χ3v) is 4.57. The predicted molar refractivity (Wildman–Crippen MR) is 107 cm³/mol. The van der Waals surface area contributed by atoms with Crippen molar-refractivity contribution < 1.29 is 14.3 Å². The topological polar surface area (TPSA) is 78.3 Å². The van der Waals surface area contributed by atoms with Gasteiger partial charge in [0.1, 0.15) is 18.1 Å². The number of carbonyl (C=O) groups is 1. The molecule has 0 saturated carbocycles. The van der Waals surface area contributed by atoms with Gasteiger partial charge in [-0.25, -0.2) is 9.48 Å². The Morgan fingerprint density at radius 3 is 2.68 bits per heavy atom. The Kier molecular flexibility index (Phi) is 6.34. The largest absolute Gasteiger partial charge is 0.494 e. The van der Waals surface area contributed by atoms with Gasteiger partial charge in [-0.05, 0) is 44.9 Å². The Labute approximate surface area is 165 Å². The van der Waals surface area contributed by atoms with Crippen LogP contribution in [0.2, 0.25) is 0 Å². The zero-order valence-electron chi connectivity index (χ0n) is 16.9. The Morgan fingerprint density at radius 1 is 1.25 bits per heavy atom. The Morgan fingerprint density at radius 2 is 2.00 bits per heavy atom. The zero-order valence-corrected chi connectivity index (χ0v) is 16.9. The van der Waals surface area contributed by atoms with Crippen molar-refractivity contribution in [3.63, 3.8) is 0 Å². The summed E-state index contributed by atoms with van der Waals surface area (Å²) in [6.45, 7) is 8.41. The van der Waals surface area contributed by atoms with E-state index in [-0.39, 0.29) is 12.1 Å². The van der Waals surface area contributed by atoms with Gasteiger partial charge in [-0.3, -0.25) is 0 Å². The second-order valence-corrected chi connectivity index (χ2v) is 7.17. The summed E-state index contributed by atoms with van der Waals surface area (Å²) in [6.07, 6.45) is 4.64. The van der Waals surface area contributed by atoms with Gasteiger partial charge >= 0.3 is 5.97 Å². The number of hydrogen-bond acceptors (Lipinski definition) is 6. The van der Waals surface area contributed by atoms with Crippen LogP contribution >= 0.6 is 0 Å². The Balaban J connectivity index is 1.87. The number of nitrogens with zero attached hydrogens (tertiary/aromatic N) is 3. The smallest absolute Gasteiger partial charge is 0.338 e. The van der Waals surface area contributed by atoms with E-state index in [0.29, 0.717) is 18.1 Å². The van der Waals surface area contributed by atoms with Crippen LogP contribution in [0, 0.1) is 0 Å². The molecule has 1 aromatic heterocycles. The molecule has 0 amide bonds. The van der Waals surface area contributed by atoms with Crippen LogP contribution in [0.4, 0.5) is 5.95 Å². The number of hydrogen-bond donors (Lipinski definition) is 1. The van der Waals surface area contributed by atoms with Gasteiger partial charge in [0.25, 0.3) is 0 Å². The third-order valence-electron chi connectivity index (χ3n) is 4.57. The van der Waals surface area contributed by atoms with Crippen LogP contribution in [-0.2, 0) is 9.53 Å². The number of aromatic nitrogens is 3. The molecule has 3 rings (SSSR count). The molecule has 1 unspecified atom stereocenters. The van der Waals surface area contributed by atoms with Gasteiger partial charge in [0, 0.05) is 5.70 Å². The molecule has 1 aromatic carbocycles. The maximum atomic E-state index is 12.8. The molecule has 0 radical (unpaired) electrons. The average molecular weight is 384 g/mol. The van der Waals surface area contributed by atoms with Crippen LogP contribution in [0.5, 0.6) is 5.75 Å². The summed E-state index contributed by atoms with van der Waals surface area (Å²) in [6, 6.07) is 7.39. The second-order valence-electron chi connectivity index (χ2n) is 7.17. The molecular weight excluding hydrogens is 356 g/mol. The van der Waals surface area contributed by atoms with Gasteiger partial charge in [-0.2, -0.15) is 10.1 Å². The van der Waals surface area contributed by atoms with E-state index in [1.54, 1.807) is 4.68 Å². The molecular formula is C21H28N4O3. The van der Waals surface area contributed by atoms with E-state index in [2.05, 4.69) is 22.3 Å². The lowest BCUT2D eigenvalue weighted by Crippen LogP contribution is -2.30. The van der Waals surface area contributed by atoms with E-state index in [1.807, 2.05) is 45.0 Å². The highest BCUT2D eigenvalue weighted by molar-refractivity contribution is 5.92. The van der Waals surface area contributed by atoms with E-state index in [1.165, 1.54) is 12.7 Å². The number of rotatable bonds is 8. The minimum atomic E-state index is -0.404. The summed E-state index contributed by atoms with van der Waals surface area (Å²) < 4.78 is 13.0. The van der Waals surface area contributed by atoms with Gasteiger partial charge in [-0.15, -0.1) is 0 Å². The molecule has 2 aromatic rings. The lowest BCUT2D eigenvalue weighted by molar-refractivity contribution is -0.143. The first kappa shape index (κ1) is 19.9. The highest BCUT2D eigenvalue weighted by Gasteiger charge is 2.34. The van der Waals surface area contributed by atoms with Crippen LogP contribution in [0.15, 0.2) is 41.9 Å². The predicted octanol–water partition coefficient (Wildman–Crippen LogP) is 4.09. The van der Waals surface area contributed by atoms with Gasteiger partial charge < -0.3 is 14.8 Å². The summed E-state index contributed by atoms with van der Waals surface area (Å²) >= 11 is 0. The minimum absolute atomic E-state index is 0.204. The van der Waals surface area contributed by atoms with E-state index in [4.69, 9.17) is 9.47 Å². The number of unbranched alkanes of at least 4 members (excludes halogenated alkanes) is 2. The third kappa shape index (κ3) is 4.35. The lowest BCUT2D eigenvalue weighted by atomic mass is 9.95. The maximum Gasteiger partial charge on any atom is 0.338 e. The summed E-state index contributed by atoms with van der Waals surface area (Å²) in [5, 5.41) is 7.46. The Hall–Kier alpha value is -2.83. The molecule has 1 aliphatic heterocycles. The zero-order chi connectivity index (χ0) is 20.1. The summed E-state index contributed by atoms with van der Waals surface area (Å²) in [4.78, 5) is 17.0. The molecule has 0 fully saturated rings. The van der Waals surface area contributed by atoms with Gasteiger partial charge in [0.05, 0.1) is 18.3 Å². The first-order valence-corrected chi connectivity index (χ1v) is 9.82. The van der Waals surface area contributed by atoms with Crippen LogP contribution in [-0.4, -0.2) is 33.4 Å². The molecule has 7 nitrogen and oxygen atoms in total. The number of carbonyl (C=O) groups excluding carboxylic acids is 1. The Bertz CT molecular complexity index is 840. The van der Waals surface area contributed by atoms with Crippen LogP contribution in [0.25, 0.3) is 0 Å². The number of fused-ring (bicyclic) bond motifs is 1. The van der Waals surface area contributed by atoms with E-state index in [0.717, 1.165) is 29.9 Å². The van der Waals surface area contributed by atoms with E-state index in [9.17, 15) is 4.79 Å². The van der Waals surface area contributed by atoms with Crippen molar-refractivity contribution in [3.8, 4) is 5.75 Å². The molecule has 0 spiro atoms. The first-order valence-electron chi connectivity index (χ1n) is 9.82. The molecule has 28 heavy (non-hydrogen) atoms. The molecule has 0 bridgehead atoms. The fraction of sp³-hybridized carbons (Fsp3) is 0.476. The summed E-state index contributed by atoms with van der Waals surface area (Å²) in [5.41, 5.74) is 2.17. The maximum absolute atomic E-state index is 12.8. The molecule has 0 saturated heterocycles. The van der Waals surface area contributed by atoms with Gasteiger partial charge in [0.2, 0.25) is 5.95 Å². The fourth-order valence-electron chi connectivity index (χ4n) is 3.23. The quantitative estimate of drug-likeness (QED) is 0.546. The van der Waals surface area contributed by atoms with E-state index >= 15 is 0 Å². The molecule has 1 N–H and O–H groups in total. The van der Waals surface area contributed by atoms with Crippen LogP contribution in [0.3, 0.4) is 0 Å². The molecule has 1 aliphatic rings. The number of allylic oxidation sites excluding steroid dienone is 1. The molecule has 2 heterocycles. The molecule has 150 valence electrons. The molecule has 0 aliphatic carbocycles. The standard InChI is InChI=1S/C21H28N4O3/c1-5-6-7-12-27-17-10-8-16(9-11-17)19-18(20(26)28-14(2)3)15(4)24-21-22-13-23-25(19)21/h8-11,13-14,19H,5-7,12H2,1-4H3,(H,22,23,24).